The molecule has 2 bridgehead atoms. The van der Waals surface area contributed by atoms with E-state index in [0.29, 0.717) is 12.1 Å². The maximum absolute atomic E-state index is 13.5. The molecule has 3 nitrogen and oxygen atoms in total. The number of hydrogen-bond donors (Lipinski definition) is 0. The third-order valence-corrected chi connectivity index (χ3v) is 5.27. The fourth-order valence-electron chi connectivity index (χ4n) is 4.20. The summed E-state index contributed by atoms with van der Waals surface area (Å²) in [6.45, 7) is 0. The van der Waals surface area contributed by atoms with E-state index in [1.807, 2.05) is 12.2 Å². The lowest BCUT2D eigenvalue weighted by Crippen LogP contribution is -2.38. The van der Waals surface area contributed by atoms with Gasteiger partial charge in [0, 0.05) is 0 Å². The van der Waals surface area contributed by atoms with Crippen molar-refractivity contribution in [1.29, 1.82) is 0 Å². The lowest BCUT2D eigenvalue weighted by molar-refractivity contribution is -0.140. The summed E-state index contributed by atoms with van der Waals surface area (Å²) >= 11 is 0. The van der Waals surface area contributed by atoms with Gasteiger partial charge in [-0.25, -0.2) is 9.29 Å². The molecule has 1 aromatic carbocycles. The predicted molar refractivity (Wildman–Crippen MR) is 76.2 cm³/mol. The molecule has 0 radical (unpaired) electrons. The van der Waals surface area contributed by atoms with Crippen LogP contribution >= 0.6 is 0 Å². The van der Waals surface area contributed by atoms with Gasteiger partial charge in [-0.3, -0.25) is 9.59 Å². The Morgan fingerprint density at radius 1 is 0.958 bits per heavy atom. The zero-order valence-electron chi connectivity index (χ0n) is 12.4. The number of fused-ring (bicyclic) bond motifs is 1. The Labute approximate surface area is 134 Å². The first-order valence-corrected chi connectivity index (χ1v) is 7.72. The van der Waals surface area contributed by atoms with E-state index in [-0.39, 0.29) is 17.5 Å². The van der Waals surface area contributed by atoms with Gasteiger partial charge in [-0.2, -0.15) is 13.2 Å². The van der Waals surface area contributed by atoms with E-state index in [2.05, 4.69) is 0 Å². The average Bonchev–Trinajstić information content (AvgIpc) is 2.82. The Morgan fingerprint density at radius 3 is 1.96 bits per heavy atom. The molecule has 3 aliphatic carbocycles. The van der Waals surface area contributed by atoms with Crippen LogP contribution in [0.2, 0.25) is 0 Å². The number of carbonyl (C=O) groups excluding carboxylic acids is 2. The second kappa shape index (κ2) is 4.91. The fraction of sp³-hybridized carbons (Fsp3) is 0.412. The van der Waals surface area contributed by atoms with Gasteiger partial charge >= 0.3 is 6.18 Å². The molecule has 0 unspecified atom stereocenters. The number of allylic oxidation sites excluding steroid dienone is 2. The third-order valence-electron chi connectivity index (χ3n) is 5.27. The first-order valence-electron chi connectivity index (χ1n) is 7.72. The molecule has 1 aliphatic heterocycles. The van der Waals surface area contributed by atoms with Gasteiger partial charge in [0.15, 0.2) is 0 Å². The summed E-state index contributed by atoms with van der Waals surface area (Å²) in [7, 11) is 0. The topological polar surface area (TPSA) is 37.4 Å². The summed E-state index contributed by atoms with van der Waals surface area (Å²) in [6.07, 6.45) is 0.559. The number of rotatable bonds is 1. The van der Waals surface area contributed by atoms with Gasteiger partial charge in [-0.15, -0.1) is 0 Å². The van der Waals surface area contributed by atoms with Crippen molar-refractivity contribution in [2.24, 2.45) is 23.7 Å². The molecule has 126 valence electrons. The third kappa shape index (κ3) is 2.03. The summed E-state index contributed by atoms with van der Waals surface area (Å²) in [5, 5.41) is 0. The van der Waals surface area contributed by atoms with E-state index in [9.17, 15) is 27.2 Å². The number of amides is 2. The number of anilines is 1. The lowest BCUT2D eigenvalue weighted by Gasteiger charge is -2.38. The van der Waals surface area contributed by atoms with Crippen LogP contribution in [-0.2, 0) is 15.8 Å². The number of nitrogens with zero attached hydrogens (tertiary/aromatic N) is 1. The molecule has 4 aliphatic rings. The number of alkyl halides is 3. The van der Waals surface area contributed by atoms with E-state index >= 15 is 0 Å². The molecule has 1 aromatic rings. The molecule has 1 saturated heterocycles. The standard InChI is InChI=1S/C17H13F4NO2/c18-12-6-5-10(7-11(12)17(19,20)21)22-15(23)13-8-1-2-9(4-3-8)14(13)16(22)24/h1-2,5-9,13-14H,3-4H2/t8-,9+,13-,14+. The minimum atomic E-state index is -4.89. The Morgan fingerprint density at radius 2 is 1.50 bits per heavy atom. The zero-order valence-corrected chi connectivity index (χ0v) is 12.4. The maximum Gasteiger partial charge on any atom is 0.419 e. The van der Waals surface area contributed by atoms with Crippen molar-refractivity contribution in [3.05, 3.63) is 41.7 Å². The fourth-order valence-corrected chi connectivity index (χ4v) is 4.20. The van der Waals surface area contributed by atoms with Crippen LogP contribution < -0.4 is 4.90 Å². The highest BCUT2D eigenvalue weighted by molar-refractivity contribution is 6.22. The van der Waals surface area contributed by atoms with Gasteiger partial charge in [0.25, 0.3) is 0 Å². The number of halogens is 4. The molecular formula is C17H13F4NO2. The summed E-state index contributed by atoms with van der Waals surface area (Å²) in [5.41, 5.74) is -1.69. The van der Waals surface area contributed by atoms with E-state index < -0.39 is 41.2 Å². The highest BCUT2D eigenvalue weighted by Crippen LogP contribution is 2.50. The molecule has 2 amide bonds. The van der Waals surface area contributed by atoms with Gasteiger partial charge in [0.1, 0.15) is 5.82 Å². The van der Waals surface area contributed by atoms with E-state index in [1.165, 1.54) is 0 Å². The monoisotopic (exact) mass is 339 g/mol. The Bertz CT molecular complexity index is 738. The Hall–Kier alpha value is -2.18. The summed E-state index contributed by atoms with van der Waals surface area (Å²) in [5.74, 6) is -3.52. The van der Waals surface area contributed by atoms with Gasteiger partial charge in [0.05, 0.1) is 23.1 Å². The maximum atomic E-state index is 13.5. The molecule has 4 atom stereocenters. The summed E-state index contributed by atoms with van der Waals surface area (Å²) in [4.78, 5) is 26.2. The van der Waals surface area contributed by atoms with Crippen molar-refractivity contribution in [2.75, 3.05) is 4.90 Å². The first-order chi connectivity index (χ1) is 11.3. The van der Waals surface area contributed by atoms with Crippen molar-refractivity contribution in [3.63, 3.8) is 0 Å². The Balaban J connectivity index is 1.76. The van der Waals surface area contributed by atoms with Crippen LogP contribution in [0.1, 0.15) is 18.4 Å². The average molecular weight is 339 g/mol. The van der Waals surface area contributed by atoms with Gasteiger partial charge in [-0.05, 0) is 42.9 Å². The number of hydrogen-bond acceptors (Lipinski definition) is 2. The molecule has 0 aromatic heterocycles. The minimum Gasteiger partial charge on any atom is -0.274 e. The van der Waals surface area contributed by atoms with Crippen molar-refractivity contribution in [1.82, 2.24) is 0 Å². The van der Waals surface area contributed by atoms with E-state index in [4.69, 9.17) is 0 Å². The predicted octanol–water partition coefficient (Wildman–Crippen LogP) is 3.55. The molecule has 0 spiro atoms. The number of benzene rings is 1. The van der Waals surface area contributed by atoms with Crippen molar-refractivity contribution < 1.29 is 27.2 Å². The van der Waals surface area contributed by atoms with Crippen LogP contribution in [0, 0.1) is 29.5 Å². The molecule has 0 N–H and O–H groups in total. The van der Waals surface area contributed by atoms with Gasteiger partial charge < -0.3 is 0 Å². The van der Waals surface area contributed by atoms with E-state index in [1.54, 1.807) is 0 Å². The Kier molecular flexibility index (Phi) is 3.14. The zero-order chi connectivity index (χ0) is 17.2. The summed E-state index contributed by atoms with van der Waals surface area (Å²) < 4.78 is 52.2. The molecule has 2 fully saturated rings. The van der Waals surface area contributed by atoms with Crippen LogP contribution in [0.15, 0.2) is 30.4 Å². The number of imide groups is 1. The smallest absolute Gasteiger partial charge is 0.274 e. The molecule has 1 saturated carbocycles. The van der Waals surface area contributed by atoms with Gasteiger partial charge in [0.2, 0.25) is 11.8 Å². The number of carbonyl (C=O) groups is 2. The molecular weight excluding hydrogens is 326 g/mol. The van der Waals surface area contributed by atoms with Crippen molar-refractivity contribution >= 4 is 17.5 Å². The SMILES string of the molecule is O=C1[C@@H]2[C@H](C(=O)N1c1ccc(F)c(C(F)(F)F)c1)[C@@H]1C=C[C@H]2CC1. The lowest BCUT2D eigenvalue weighted by atomic mass is 9.63. The second-order valence-electron chi connectivity index (χ2n) is 6.52. The van der Waals surface area contributed by atoms with Crippen LogP contribution in [0.3, 0.4) is 0 Å². The molecule has 5 rings (SSSR count). The minimum absolute atomic E-state index is 0.0519. The highest BCUT2D eigenvalue weighted by atomic mass is 19.4. The molecule has 1 heterocycles. The highest BCUT2D eigenvalue weighted by Gasteiger charge is 2.57. The van der Waals surface area contributed by atoms with Gasteiger partial charge in [-0.1, -0.05) is 12.2 Å². The first kappa shape index (κ1) is 15.4. The largest absolute Gasteiger partial charge is 0.419 e. The van der Waals surface area contributed by atoms with Crippen molar-refractivity contribution in [3.8, 4) is 0 Å². The normalized spacial score (nSPS) is 31.8. The second-order valence-corrected chi connectivity index (χ2v) is 6.52. The molecule has 24 heavy (non-hydrogen) atoms. The van der Waals surface area contributed by atoms with Crippen LogP contribution in [-0.4, -0.2) is 11.8 Å². The molecule has 7 heteroatoms. The quantitative estimate of drug-likeness (QED) is 0.446. The van der Waals surface area contributed by atoms with Crippen LogP contribution in [0.4, 0.5) is 23.2 Å². The van der Waals surface area contributed by atoms with E-state index in [0.717, 1.165) is 23.8 Å². The van der Waals surface area contributed by atoms with Crippen LogP contribution in [0.5, 0.6) is 0 Å². The van der Waals surface area contributed by atoms with Crippen LogP contribution in [0.25, 0.3) is 0 Å². The summed E-state index contributed by atoms with van der Waals surface area (Å²) in [6, 6.07) is 2.23. The van der Waals surface area contributed by atoms with Crippen molar-refractivity contribution in [2.45, 2.75) is 19.0 Å².